The van der Waals surface area contributed by atoms with Crippen molar-refractivity contribution in [3.63, 3.8) is 0 Å². The van der Waals surface area contributed by atoms with Crippen molar-refractivity contribution in [2.24, 2.45) is 0 Å². The first kappa shape index (κ1) is 12.3. The standard InChI is InChI=1S/C13H13N5O2/c19-12-8-10-7-9(1-2-11(10)16-12)13(20)14-3-5-18-6-4-15-17-18/h1-2,4,6-7H,3,5,8H2,(H,14,20)(H,16,19). The Hall–Kier alpha value is -2.70. The van der Waals surface area contributed by atoms with Gasteiger partial charge in [0.1, 0.15) is 0 Å². The van der Waals surface area contributed by atoms with Crippen molar-refractivity contribution >= 4 is 17.5 Å². The van der Waals surface area contributed by atoms with Gasteiger partial charge >= 0.3 is 0 Å². The summed E-state index contributed by atoms with van der Waals surface area (Å²) >= 11 is 0. The summed E-state index contributed by atoms with van der Waals surface area (Å²) in [6, 6.07) is 5.21. The van der Waals surface area contributed by atoms with Gasteiger partial charge in [-0.2, -0.15) is 0 Å². The van der Waals surface area contributed by atoms with Gasteiger partial charge in [-0.15, -0.1) is 5.10 Å². The predicted octanol–water partition coefficient (Wildman–Crippen LogP) is 0.203. The Morgan fingerprint density at radius 2 is 2.35 bits per heavy atom. The zero-order valence-electron chi connectivity index (χ0n) is 10.7. The van der Waals surface area contributed by atoms with Crippen molar-refractivity contribution in [1.82, 2.24) is 20.3 Å². The fourth-order valence-electron chi connectivity index (χ4n) is 2.11. The van der Waals surface area contributed by atoms with E-state index < -0.39 is 0 Å². The van der Waals surface area contributed by atoms with Crippen molar-refractivity contribution < 1.29 is 9.59 Å². The molecule has 0 spiro atoms. The van der Waals surface area contributed by atoms with Crippen LogP contribution in [0.3, 0.4) is 0 Å². The minimum absolute atomic E-state index is 0.0382. The molecule has 1 aromatic carbocycles. The Morgan fingerprint density at radius 1 is 1.45 bits per heavy atom. The van der Waals surface area contributed by atoms with Crippen LogP contribution in [0.1, 0.15) is 15.9 Å². The summed E-state index contributed by atoms with van der Waals surface area (Å²) in [6.07, 6.45) is 3.65. The molecule has 2 heterocycles. The lowest BCUT2D eigenvalue weighted by atomic mass is 10.1. The molecule has 0 unspecified atom stereocenters. The van der Waals surface area contributed by atoms with Gasteiger partial charge in [0.15, 0.2) is 0 Å². The van der Waals surface area contributed by atoms with E-state index in [1.54, 1.807) is 35.3 Å². The second-order valence-electron chi connectivity index (χ2n) is 4.52. The lowest BCUT2D eigenvalue weighted by molar-refractivity contribution is -0.115. The highest BCUT2D eigenvalue weighted by Gasteiger charge is 2.18. The van der Waals surface area contributed by atoms with Crippen LogP contribution in [-0.4, -0.2) is 33.4 Å². The molecule has 0 fully saturated rings. The lowest BCUT2D eigenvalue weighted by Gasteiger charge is -2.06. The maximum atomic E-state index is 12.0. The van der Waals surface area contributed by atoms with Crippen LogP contribution in [0.15, 0.2) is 30.6 Å². The average Bonchev–Trinajstić information content (AvgIpc) is 3.05. The number of benzene rings is 1. The lowest BCUT2D eigenvalue weighted by Crippen LogP contribution is -2.27. The largest absolute Gasteiger partial charge is 0.350 e. The fourth-order valence-corrected chi connectivity index (χ4v) is 2.11. The van der Waals surface area contributed by atoms with Gasteiger partial charge in [-0.25, -0.2) is 0 Å². The van der Waals surface area contributed by atoms with Crippen molar-refractivity contribution in [2.45, 2.75) is 13.0 Å². The summed E-state index contributed by atoms with van der Waals surface area (Å²) < 4.78 is 1.64. The number of hydrogen-bond donors (Lipinski definition) is 2. The van der Waals surface area contributed by atoms with Crippen LogP contribution in [0.5, 0.6) is 0 Å². The van der Waals surface area contributed by atoms with Crippen LogP contribution in [0.2, 0.25) is 0 Å². The first-order valence-corrected chi connectivity index (χ1v) is 6.27. The van der Waals surface area contributed by atoms with Gasteiger partial charge in [-0.05, 0) is 23.8 Å². The number of aromatic nitrogens is 3. The summed E-state index contributed by atoms with van der Waals surface area (Å²) in [4.78, 5) is 23.3. The van der Waals surface area contributed by atoms with Crippen LogP contribution in [-0.2, 0) is 17.8 Å². The van der Waals surface area contributed by atoms with Gasteiger partial charge in [-0.1, -0.05) is 5.21 Å². The van der Waals surface area contributed by atoms with Crippen LogP contribution in [0.25, 0.3) is 0 Å². The van der Waals surface area contributed by atoms with Gasteiger partial charge in [0, 0.05) is 24.0 Å². The molecule has 0 saturated carbocycles. The maximum Gasteiger partial charge on any atom is 0.251 e. The minimum atomic E-state index is -0.160. The zero-order valence-corrected chi connectivity index (χ0v) is 10.7. The van der Waals surface area contributed by atoms with E-state index in [0.29, 0.717) is 25.1 Å². The zero-order chi connectivity index (χ0) is 13.9. The molecule has 0 saturated heterocycles. The topological polar surface area (TPSA) is 88.9 Å². The summed E-state index contributed by atoms with van der Waals surface area (Å²) in [5, 5.41) is 13.0. The molecule has 20 heavy (non-hydrogen) atoms. The predicted molar refractivity (Wildman–Crippen MR) is 71.1 cm³/mol. The summed E-state index contributed by atoms with van der Waals surface area (Å²) in [5.41, 5.74) is 2.20. The molecular weight excluding hydrogens is 258 g/mol. The third-order valence-corrected chi connectivity index (χ3v) is 3.09. The smallest absolute Gasteiger partial charge is 0.251 e. The number of fused-ring (bicyclic) bond motifs is 1. The van der Waals surface area contributed by atoms with Crippen molar-refractivity contribution in [2.75, 3.05) is 11.9 Å². The van der Waals surface area contributed by atoms with Crippen LogP contribution in [0.4, 0.5) is 5.69 Å². The number of carbonyl (C=O) groups is 2. The van der Waals surface area contributed by atoms with Crippen LogP contribution in [0, 0.1) is 0 Å². The number of anilines is 1. The molecule has 0 radical (unpaired) electrons. The summed E-state index contributed by atoms with van der Waals surface area (Å²) in [6.45, 7) is 1.03. The van der Waals surface area contributed by atoms with E-state index in [4.69, 9.17) is 0 Å². The van der Waals surface area contributed by atoms with E-state index >= 15 is 0 Å². The molecule has 2 N–H and O–H groups in total. The first-order valence-electron chi connectivity index (χ1n) is 6.27. The Kier molecular flexibility index (Phi) is 3.16. The Labute approximate surface area is 115 Å². The Balaban J connectivity index is 1.60. The maximum absolute atomic E-state index is 12.0. The van der Waals surface area contributed by atoms with Crippen molar-refractivity contribution in [3.8, 4) is 0 Å². The molecule has 7 nitrogen and oxygen atoms in total. The fraction of sp³-hybridized carbons (Fsp3) is 0.231. The molecular formula is C13H13N5O2. The number of hydrogen-bond acceptors (Lipinski definition) is 4. The molecule has 2 aromatic rings. The number of nitrogens with one attached hydrogen (secondary N) is 2. The molecule has 0 aliphatic carbocycles. The summed E-state index contributed by atoms with van der Waals surface area (Å²) in [7, 11) is 0. The number of nitrogens with zero attached hydrogens (tertiary/aromatic N) is 3. The SMILES string of the molecule is O=C1Cc2cc(C(=O)NCCn3ccnn3)ccc2N1. The van der Waals surface area contributed by atoms with Gasteiger partial charge < -0.3 is 10.6 Å². The highest BCUT2D eigenvalue weighted by molar-refractivity contribution is 6.01. The highest BCUT2D eigenvalue weighted by Crippen LogP contribution is 2.23. The molecule has 3 rings (SSSR count). The molecule has 102 valence electrons. The van der Waals surface area contributed by atoms with Gasteiger partial charge in [0.25, 0.3) is 5.91 Å². The van der Waals surface area contributed by atoms with Crippen molar-refractivity contribution in [3.05, 3.63) is 41.7 Å². The highest BCUT2D eigenvalue weighted by atomic mass is 16.2. The Bertz CT molecular complexity index is 651. The second kappa shape index (κ2) is 5.12. The van der Waals surface area contributed by atoms with Crippen molar-refractivity contribution in [1.29, 1.82) is 0 Å². The molecule has 2 amide bonds. The number of amides is 2. The van der Waals surface area contributed by atoms with Gasteiger partial charge in [-0.3, -0.25) is 14.3 Å². The average molecular weight is 271 g/mol. The molecule has 1 aliphatic rings. The van der Waals surface area contributed by atoms with E-state index in [1.165, 1.54) is 0 Å². The minimum Gasteiger partial charge on any atom is -0.350 e. The van der Waals surface area contributed by atoms with Gasteiger partial charge in [0.05, 0.1) is 19.2 Å². The molecule has 0 atom stereocenters. The monoisotopic (exact) mass is 271 g/mol. The third kappa shape index (κ3) is 2.51. The molecule has 0 bridgehead atoms. The second-order valence-corrected chi connectivity index (χ2v) is 4.52. The van der Waals surface area contributed by atoms with Crippen LogP contribution < -0.4 is 10.6 Å². The van der Waals surface area contributed by atoms with E-state index in [-0.39, 0.29) is 11.8 Å². The van der Waals surface area contributed by atoms with E-state index in [0.717, 1.165) is 11.3 Å². The van der Waals surface area contributed by atoms with Gasteiger partial charge in [0.2, 0.25) is 5.91 Å². The Morgan fingerprint density at radius 3 is 3.15 bits per heavy atom. The molecule has 7 heteroatoms. The molecule has 1 aromatic heterocycles. The van der Waals surface area contributed by atoms with Crippen LogP contribution >= 0.6 is 0 Å². The summed E-state index contributed by atoms with van der Waals surface area (Å²) in [5.74, 6) is -0.198. The quantitative estimate of drug-likeness (QED) is 0.831. The number of carbonyl (C=O) groups excluding carboxylic acids is 2. The number of rotatable bonds is 4. The third-order valence-electron chi connectivity index (χ3n) is 3.09. The molecule has 1 aliphatic heterocycles. The van der Waals surface area contributed by atoms with E-state index in [1.807, 2.05) is 0 Å². The van der Waals surface area contributed by atoms with E-state index in [2.05, 4.69) is 20.9 Å². The van der Waals surface area contributed by atoms with E-state index in [9.17, 15) is 9.59 Å². The normalized spacial score (nSPS) is 12.9. The first-order chi connectivity index (χ1) is 9.72.